The lowest BCUT2D eigenvalue weighted by atomic mass is 10.1. The van der Waals surface area contributed by atoms with Crippen molar-refractivity contribution >= 4 is 28.5 Å². The zero-order valence-electron chi connectivity index (χ0n) is 10.9. The van der Waals surface area contributed by atoms with Gasteiger partial charge in [-0.25, -0.2) is 0 Å². The molecule has 2 aromatic carbocycles. The maximum atomic E-state index is 10.4. The van der Waals surface area contributed by atoms with Crippen LogP contribution in [0.5, 0.6) is 0 Å². The second-order valence-corrected chi connectivity index (χ2v) is 5.01. The quantitative estimate of drug-likeness (QED) is 0.770. The first kappa shape index (κ1) is 15.3. The van der Waals surface area contributed by atoms with Crippen molar-refractivity contribution in [1.82, 2.24) is 0 Å². The van der Waals surface area contributed by atoms with E-state index in [1.807, 2.05) is 56.3 Å². The van der Waals surface area contributed by atoms with Crippen molar-refractivity contribution in [2.75, 3.05) is 0 Å². The number of carbonyl (C=O) groups excluding carboxylic acids is 2. The van der Waals surface area contributed by atoms with Gasteiger partial charge in [0, 0.05) is 15.6 Å². The molecule has 3 heteroatoms. The third-order valence-electron chi connectivity index (χ3n) is 2.68. The van der Waals surface area contributed by atoms with E-state index in [0.29, 0.717) is 0 Å². The summed E-state index contributed by atoms with van der Waals surface area (Å²) in [7, 11) is 0. The number of carbonyl (C=O) groups is 2. The van der Waals surface area contributed by atoms with Crippen molar-refractivity contribution in [3.8, 4) is 0 Å². The highest BCUT2D eigenvalue weighted by Crippen LogP contribution is 2.13. The van der Waals surface area contributed by atoms with Crippen LogP contribution in [0.4, 0.5) is 0 Å². The molecule has 0 fully saturated rings. The van der Waals surface area contributed by atoms with Crippen LogP contribution in [-0.2, 0) is 0 Å². The highest BCUT2D eigenvalue weighted by Gasteiger charge is 1.95. The number of hydrogen-bond donors (Lipinski definition) is 0. The standard InChI is InChI=1S/C8H7BrO.C8H8O/c1-6-2-3-8(9)4-7(6)5-10;1-7-4-2-3-5-8(7)6-9/h2-5H,1H3;2-6H,1H3. The molecule has 0 bridgehead atoms. The molecule has 0 aliphatic rings. The Labute approximate surface area is 121 Å². The summed E-state index contributed by atoms with van der Waals surface area (Å²) in [5.41, 5.74) is 3.57. The summed E-state index contributed by atoms with van der Waals surface area (Å²) in [6, 6.07) is 13.1. The molecule has 0 atom stereocenters. The van der Waals surface area contributed by atoms with Gasteiger partial charge in [-0.3, -0.25) is 9.59 Å². The zero-order chi connectivity index (χ0) is 14.3. The molecule has 0 amide bonds. The highest BCUT2D eigenvalue weighted by atomic mass is 79.9. The van der Waals surface area contributed by atoms with Gasteiger partial charge in [-0.1, -0.05) is 46.3 Å². The molecule has 98 valence electrons. The molecule has 2 aromatic rings. The summed E-state index contributed by atoms with van der Waals surface area (Å²) in [6.07, 6.45) is 1.73. The van der Waals surface area contributed by atoms with E-state index >= 15 is 0 Å². The summed E-state index contributed by atoms with van der Waals surface area (Å²) in [5.74, 6) is 0. The van der Waals surface area contributed by atoms with Gasteiger partial charge in [-0.05, 0) is 37.1 Å². The largest absolute Gasteiger partial charge is 0.298 e. The predicted octanol–water partition coefficient (Wildman–Crippen LogP) is 4.38. The van der Waals surface area contributed by atoms with Crippen LogP contribution in [0.1, 0.15) is 31.8 Å². The lowest BCUT2D eigenvalue weighted by molar-refractivity contribution is 0.111. The maximum Gasteiger partial charge on any atom is 0.150 e. The number of rotatable bonds is 2. The molecule has 0 aliphatic carbocycles. The Hall–Kier alpha value is -1.74. The molecular weight excluding hydrogens is 304 g/mol. The Morgan fingerprint density at radius 2 is 1.42 bits per heavy atom. The fourth-order valence-corrected chi connectivity index (χ4v) is 1.84. The van der Waals surface area contributed by atoms with Gasteiger partial charge in [0.25, 0.3) is 0 Å². The molecule has 0 aromatic heterocycles. The molecule has 0 saturated carbocycles. The van der Waals surface area contributed by atoms with Crippen molar-refractivity contribution < 1.29 is 9.59 Å². The van der Waals surface area contributed by atoms with Crippen molar-refractivity contribution in [2.24, 2.45) is 0 Å². The number of benzene rings is 2. The molecule has 0 spiro atoms. The van der Waals surface area contributed by atoms with E-state index in [1.165, 1.54) is 0 Å². The van der Waals surface area contributed by atoms with E-state index in [1.54, 1.807) is 0 Å². The average molecular weight is 319 g/mol. The Balaban J connectivity index is 0.000000191. The van der Waals surface area contributed by atoms with Crippen molar-refractivity contribution in [3.05, 3.63) is 69.2 Å². The minimum absolute atomic E-state index is 0.745. The van der Waals surface area contributed by atoms with Gasteiger partial charge in [0.2, 0.25) is 0 Å². The van der Waals surface area contributed by atoms with Crippen LogP contribution in [0, 0.1) is 13.8 Å². The minimum atomic E-state index is 0.745. The number of hydrogen-bond acceptors (Lipinski definition) is 2. The van der Waals surface area contributed by atoms with Crippen LogP contribution in [0.3, 0.4) is 0 Å². The van der Waals surface area contributed by atoms with E-state index in [2.05, 4.69) is 15.9 Å². The van der Waals surface area contributed by atoms with Gasteiger partial charge in [-0.15, -0.1) is 0 Å². The summed E-state index contributed by atoms with van der Waals surface area (Å²) < 4.78 is 0.945. The van der Waals surface area contributed by atoms with Crippen LogP contribution in [0.25, 0.3) is 0 Å². The minimum Gasteiger partial charge on any atom is -0.298 e. The fourth-order valence-electron chi connectivity index (χ4n) is 1.46. The highest BCUT2D eigenvalue weighted by molar-refractivity contribution is 9.10. The molecule has 0 aliphatic heterocycles. The number of aryl methyl sites for hydroxylation is 2. The van der Waals surface area contributed by atoms with Crippen molar-refractivity contribution in [2.45, 2.75) is 13.8 Å². The third kappa shape index (κ3) is 4.79. The van der Waals surface area contributed by atoms with Crippen LogP contribution >= 0.6 is 15.9 Å². The Bertz CT molecular complexity index is 577. The second kappa shape index (κ2) is 7.64. The van der Waals surface area contributed by atoms with E-state index in [0.717, 1.165) is 39.3 Å². The molecule has 0 saturated heterocycles. The van der Waals surface area contributed by atoms with Crippen LogP contribution in [-0.4, -0.2) is 12.6 Å². The average Bonchev–Trinajstić information content (AvgIpc) is 2.43. The normalized spacial score (nSPS) is 9.21. The van der Waals surface area contributed by atoms with E-state index in [-0.39, 0.29) is 0 Å². The number of aldehydes is 2. The molecule has 2 nitrogen and oxygen atoms in total. The van der Waals surface area contributed by atoms with Crippen LogP contribution in [0.15, 0.2) is 46.9 Å². The third-order valence-corrected chi connectivity index (χ3v) is 3.18. The summed E-state index contributed by atoms with van der Waals surface area (Å²) in [6.45, 7) is 3.83. The van der Waals surface area contributed by atoms with Gasteiger partial charge in [0.05, 0.1) is 0 Å². The first-order valence-corrected chi connectivity index (χ1v) is 6.60. The molecule has 0 heterocycles. The lowest BCUT2D eigenvalue weighted by Crippen LogP contribution is -1.84. The molecule has 0 radical (unpaired) electrons. The molecule has 0 N–H and O–H groups in total. The maximum absolute atomic E-state index is 10.4. The Kier molecular flexibility index (Phi) is 6.16. The number of halogens is 1. The summed E-state index contributed by atoms with van der Waals surface area (Å²) in [5, 5.41) is 0. The SMILES string of the molecule is Cc1ccc(Br)cc1C=O.Cc1ccccc1C=O. The lowest BCUT2D eigenvalue weighted by Gasteiger charge is -1.96. The van der Waals surface area contributed by atoms with Gasteiger partial charge in [0.15, 0.2) is 0 Å². The van der Waals surface area contributed by atoms with E-state index in [4.69, 9.17) is 0 Å². The molecule has 2 rings (SSSR count). The van der Waals surface area contributed by atoms with Crippen molar-refractivity contribution in [1.29, 1.82) is 0 Å². The van der Waals surface area contributed by atoms with E-state index in [9.17, 15) is 9.59 Å². The van der Waals surface area contributed by atoms with Crippen LogP contribution in [0.2, 0.25) is 0 Å². The van der Waals surface area contributed by atoms with Gasteiger partial charge >= 0.3 is 0 Å². The topological polar surface area (TPSA) is 34.1 Å². The fraction of sp³-hybridized carbons (Fsp3) is 0.125. The summed E-state index contributed by atoms with van der Waals surface area (Å²) in [4.78, 5) is 20.6. The van der Waals surface area contributed by atoms with E-state index < -0.39 is 0 Å². The summed E-state index contributed by atoms with van der Waals surface area (Å²) >= 11 is 3.28. The Morgan fingerprint density at radius 3 is 1.89 bits per heavy atom. The monoisotopic (exact) mass is 318 g/mol. The van der Waals surface area contributed by atoms with Crippen molar-refractivity contribution in [3.63, 3.8) is 0 Å². The second-order valence-electron chi connectivity index (χ2n) is 4.09. The zero-order valence-corrected chi connectivity index (χ0v) is 12.5. The Morgan fingerprint density at radius 1 is 0.842 bits per heavy atom. The van der Waals surface area contributed by atoms with Gasteiger partial charge in [0.1, 0.15) is 12.6 Å². The molecule has 19 heavy (non-hydrogen) atoms. The smallest absolute Gasteiger partial charge is 0.150 e. The van der Waals surface area contributed by atoms with Crippen LogP contribution < -0.4 is 0 Å². The first-order chi connectivity index (χ1) is 9.08. The first-order valence-electron chi connectivity index (χ1n) is 5.80. The molecular formula is C16H15BrO2. The van der Waals surface area contributed by atoms with Gasteiger partial charge < -0.3 is 0 Å². The molecule has 0 unspecified atom stereocenters. The predicted molar refractivity (Wildman–Crippen MR) is 80.8 cm³/mol. The van der Waals surface area contributed by atoms with Gasteiger partial charge in [-0.2, -0.15) is 0 Å².